The first kappa shape index (κ1) is 26.9. The summed E-state index contributed by atoms with van der Waals surface area (Å²) in [7, 11) is 0. The average molecular weight is 427 g/mol. The summed E-state index contributed by atoms with van der Waals surface area (Å²) in [5.41, 5.74) is 0. The normalized spacial score (nSPS) is 12.2. The molecule has 0 saturated carbocycles. The molecule has 0 fully saturated rings. The van der Waals surface area contributed by atoms with Gasteiger partial charge in [-0.2, -0.15) is 0 Å². The van der Waals surface area contributed by atoms with E-state index in [2.05, 4.69) is 13.8 Å². The lowest BCUT2D eigenvalue weighted by Crippen LogP contribution is -2.17. The number of benzene rings is 1. The lowest BCUT2D eigenvalue weighted by molar-refractivity contribution is -0.0266. The Labute approximate surface area is 183 Å². The molecule has 1 rings (SSSR count). The van der Waals surface area contributed by atoms with Gasteiger partial charge in [-0.05, 0) is 25.0 Å². The molecule has 0 saturated heterocycles. The van der Waals surface area contributed by atoms with Crippen molar-refractivity contribution in [1.82, 2.24) is 0 Å². The van der Waals surface area contributed by atoms with E-state index in [9.17, 15) is 0 Å². The molecular formula is C24H42O6. The van der Waals surface area contributed by atoms with E-state index in [-0.39, 0.29) is 0 Å². The summed E-state index contributed by atoms with van der Waals surface area (Å²) in [5, 5.41) is 0. The minimum Gasteiger partial charge on any atom is -0.491 e. The number of para-hydroxylation sites is 1. The predicted octanol–water partition coefficient (Wildman–Crippen LogP) is 4.51. The van der Waals surface area contributed by atoms with Gasteiger partial charge in [0.1, 0.15) is 12.4 Å². The molecule has 0 aliphatic carbocycles. The molecule has 30 heavy (non-hydrogen) atoms. The van der Waals surface area contributed by atoms with Crippen molar-refractivity contribution in [2.45, 2.75) is 52.1 Å². The molecule has 1 unspecified atom stereocenters. The minimum absolute atomic E-state index is 0.382. The summed E-state index contributed by atoms with van der Waals surface area (Å²) in [4.78, 5) is 0. The fraction of sp³-hybridized carbons (Fsp3) is 0.750. The van der Waals surface area contributed by atoms with Crippen LogP contribution >= 0.6 is 0 Å². The molecule has 0 aliphatic heterocycles. The van der Waals surface area contributed by atoms with Gasteiger partial charge in [-0.25, -0.2) is 0 Å². The molecule has 1 aromatic rings. The van der Waals surface area contributed by atoms with Crippen molar-refractivity contribution in [2.75, 3.05) is 66.1 Å². The molecule has 0 heterocycles. The number of ether oxygens (including phenoxy) is 6. The molecule has 174 valence electrons. The summed E-state index contributed by atoms with van der Waals surface area (Å²) < 4.78 is 33.5. The third-order valence-corrected chi connectivity index (χ3v) is 4.43. The number of hydrogen-bond acceptors (Lipinski definition) is 6. The van der Waals surface area contributed by atoms with Crippen molar-refractivity contribution in [3.05, 3.63) is 30.3 Å². The summed E-state index contributed by atoms with van der Waals surface area (Å²) in [6.07, 6.45) is 6.29. The van der Waals surface area contributed by atoms with Crippen LogP contribution in [0.25, 0.3) is 0 Å². The van der Waals surface area contributed by atoms with E-state index in [1.165, 1.54) is 19.3 Å². The van der Waals surface area contributed by atoms with Crippen LogP contribution in [0, 0.1) is 0 Å². The van der Waals surface area contributed by atoms with E-state index >= 15 is 0 Å². The lowest BCUT2D eigenvalue weighted by atomic mass is 10.1. The highest BCUT2D eigenvalue weighted by Crippen LogP contribution is 2.10. The quantitative estimate of drug-likeness (QED) is 0.254. The van der Waals surface area contributed by atoms with Crippen molar-refractivity contribution >= 4 is 0 Å². The van der Waals surface area contributed by atoms with E-state index in [4.69, 9.17) is 28.4 Å². The van der Waals surface area contributed by atoms with Crippen LogP contribution in [-0.4, -0.2) is 72.2 Å². The highest BCUT2D eigenvalue weighted by atomic mass is 16.6. The van der Waals surface area contributed by atoms with Gasteiger partial charge in [0.2, 0.25) is 0 Å². The predicted molar refractivity (Wildman–Crippen MR) is 119 cm³/mol. The van der Waals surface area contributed by atoms with Crippen LogP contribution in [-0.2, 0) is 23.7 Å². The van der Waals surface area contributed by atoms with E-state index in [1.54, 1.807) is 0 Å². The molecule has 1 atom stereocenters. The van der Waals surface area contributed by atoms with E-state index in [0.717, 1.165) is 18.6 Å². The number of rotatable bonds is 22. The van der Waals surface area contributed by atoms with Crippen LogP contribution < -0.4 is 4.74 Å². The Morgan fingerprint density at radius 3 is 1.67 bits per heavy atom. The summed E-state index contributed by atoms with van der Waals surface area (Å²) >= 11 is 0. The first-order valence-electron chi connectivity index (χ1n) is 11.5. The van der Waals surface area contributed by atoms with Gasteiger partial charge in [-0.1, -0.05) is 51.3 Å². The standard InChI is InChI=1S/C24H42O6/c1-3-5-10-23(9-4-2)29-21-19-27-17-15-25-13-14-26-16-18-28-20-22-30-24-11-7-6-8-12-24/h6-8,11-12,23H,3-5,9-10,13-22H2,1-2H3. The zero-order valence-electron chi connectivity index (χ0n) is 19.0. The maximum absolute atomic E-state index is 5.91. The molecule has 6 heteroatoms. The van der Waals surface area contributed by atoms with Crippen LogP contribution in [0.3, 0.4) is 0 Å². The average Bonchev–Trinajstić information content (AvgIpc) is 2.77. The first-order chi connectivity index (χ1) is 14.9. The second-order valence-corrected chi connectivity index (χ2v) is 7.03. The SMILES string of the molecule is CCCCC(CCC)OCCOCCOCCOCCOCCOc1ccccc1. The maximum atomic E-state index is 5.91. The number of hydrogen-bond donors (Lipinski definition) is 0. The Morgan fingerprint density at radius 2 is 1.13 bits per heavy atom. The van der Waals surface area contributed by atoms with Gasteiger partial charge in [0.15, 0.2) is 0 Å². The van der Waals surface area contributed by atoms with Gasteiger partial charge in [0.05, 0.1) is 65.6 Å². The van der Waals surface area contributed by atoms with Gasteiger partial charge in [0.25, 0.3) is 0 Å². The van der Waals surface area contributed by atoms with Crippen molar-refractivity contribution in [2.24, 2.45) is 0 Å². The van der Waals surface area contributed by atoms with Crippen molar-refractivity contribution in [3.8, 4) is 5.75 Å². The largest absolute Gasteiger partial charge is 0.491 e. The van der Waals surface area contributed by atoms with Gasteiger partial charge in [-0.3, -0.25) is 0 Å². The maximum Gasteiger partial charge on any atom is 0.119 e. The van der Waals surface area contributed by atoms with Gasteiger partial charge >= 0.3 is 0 Å². The molecule has 0 spiro atoms. The molecule has 0 aliphatic rings. The molecule has 1 aromatic carbocycles. The molecule has 6 nitrogen and oxygen atoms in total. The van der Waals surface area contributed by atoms with Gasteiger partial charge in [0, 0.05) is 0 Å². The lowest BCUT2D eigenvalue weighted by Gasteiger charge is -2.17. The summed E-state index contributed by atoms with van der Waals surface area (Å²) in [6.45, 7) is 10.2. The van der Waals surface area contributed by atoms with Crippen molar-refractivity contribution < 1.29 is 28.4 Å². The van der Waals surface area contributed by atoms with Gasteiger partial charge < -0.3 is 28.4 Å². The minimum atomic E-state index is 0.382. The Hall–Kier alpha value is -1.18. The Balaban J connectivity index is 1.76. The molecule has 0 radical (unpaired) electrons. The zero-order chi connectivity index (χ0) is 21.5. The highest BCUT2D eigenvalue weighted by Gasteiger charge is 2.06. The highest BCUT2D eigenvalue weighted by molar-refractivity contribution is 5.20. The van der Waals surface area contributed by atoms with E-state index < -0.39 is 0 Å². The van der Waals surface area contributed by atoms with E-state index in [1.807, 2.05) is 30.3 Å². The second kappa shape index (κ2) is 21.1. The second-order valence-electron chi connectivity index (χ2n) is 7.03. The Bertz CT molecular complexity index is 456. The van der Waals surface area contributed by atoms with E-state index in [0.29, 0.717) is 72.2 Å². The molecule has 0 N–H and O–H groups in total. The van der Waals surface area contributed by atoms with Crippen LogP contribution in [0.15, 0.2) is 30.3 Å². The molecule has 0 aromatic heterocycles. The smallest absolute Gasteiger partial charge is 0.119 e. The van der Waals surface area contributed by atoms with Crippen LogP contribution in [0.2, 0.25) is 0 Å². The van der Waals surface area contributed by atoms with Crippen LogP contribution in [0.1, 0.15) is 46.0 Å². The topological polar surface area (TPSA) is 55.4 Å². The van der Waals surface area contributed by atoms with Gasteiger partial charge in [-0.15, -0.1) is 0 Å². The zero-order valence-corrected chi connectivity index (χ0v) is 19.0. The number of unbranched alkanes of at least 4 members (excludes halogenated alkanes) is 1. The fourth-order valence-corrected chi connectivity index (χ4v) is 2.84. The Morgan fingerprint density at radius 1 is 0.600 bits per heavy atom. The molecule has 0 bridgehead atoms. The van der Waals surface area contributed by atoms with Crippen molar-refractivity contribution in [1.29, 1.82) is 0 Å². The Kier molecular flexibility index (Phi) is 18.9. The summed E-state index contributed by atoms with van der Waals surface area (Å²) in [5.74, 6) is 0.860. The monoisotopic (exact) mass is 426 g/mol. The third-order valence-electron chi connectivity index (χ3n) is 4.43. The first-order valence-corrected chi connectivity index (χ1v) is 11.5. The fourth-order valence-electron chi connectivity index (χ4n) is 2.84. The summed E-state index contributed by atoms with van der Waals surface area (Å²) in [6, 6.07) is 9.72. The van der Waals surface area contributed by atoms with Crippen LogP contribution in [0.4, 0.5) is 0 Å². The van der Waals surface area contributed by atoms with Crippen LogP contribution in [0.5, 0.6) is 5.75 Å². The third kappa shape index (κ3) is 16.6. The van der Waals surface area contributed by atoms with Crippen molar-refractivity contribution in [3.63, 3.8) is 0 Å². The molecular weight excluding hydrogens is 384 g/mol. The molecule has 0 amide bonds.